The number of likely N-dealkylation sites (tertiary alicyclic amines) is 1. The van der Waals surface area contributed by atoms with E-state index in [2.05, 4.69) is 15.3 Å². The van der Waals surface area contributed by atoms with Crippen LogP contribution in [-0.4, -0.2) is 58.5 Å². The molecule has 3 heterocycles. The SMILES string of the molecule is COc1ccc(Cc2cnc(C3CCCN(C(=O)CNC(=O)c4cncc(O)c4)C3)o2)cc1. The lowest BCUT2D eigenvalue weighted by molar-refractivity contribution is -0.131. The van der Waals surface area contributed by atoms with Crippen LogP contribution in [-0.2, 0) is 11.2 Å². The fourth-order valence-corrected chi connectivity index (χ4v) is 3.86. The van der Waals surface area contributed by atoms with Crippen molar-refractivity contribution in [3.8, 4) is 11.5 Å². The summed E-state index contributed by atoms with van der Waals surface area (Å²) in [6.07, 6.45) is 6.65. The normalized spacial score (nSPS) is 15.8. The molecule has 1 atom stereocenters. The number of benzene rings is 1. The Balaban J connectivity index is 1.31. The summed E-state index contributed by atoms with van der Waals surface area (Å²) >= 11 is 0. The number of pyridine rings is 1. The quantitative estimate of drug-likeness (QED) is 0.568. The minimum absolute atomic E-state index is 0.0123. The number of oxazole rings is 1. The highest BCUT2D eigenvalue weighted by Gasteiger charge is 2.28. The molecule has 1 aromatic carbocycles. The molecule has 2 amide bonds. The number of methoxy groups -OCH3 is 1. The molecule has 9 nitrogen and oxygen atoms in total. The van der Waals surface area contributed by atoms with Gasteiger partial charge in [-0.2, -0.15) is 0 Å². The maximum atomic E-state index is 12.7. The first-order valence-electron chi connectivity index (χ1n) is 10.8. The number of rotatable bonds is 7. The van der Waals surface area contributed by atoms with Gasteiger partial charge in [-0.3, -0.25) is 14.6 Å². The van der Waals surface area contributed by atoms with Gasteiger partial charge in [-0.05, 0) is 36.6 Å². The first-order valence-corrected chi connectivity index (χ1v) is 10.8. The average molecular weight is 450 g/mol. The molecule has 1 aliphatic heterocycles. The summed E-state index contributed by atoms with van der Waals surface area (Å²) in [6, 6.07) is 9.10. The first-order chi connectivity index (χ1) is 16.0. The Hall–Kier alpha value is -3.88. The van der Waals surface area contributed by atoms with E-state index in [1.54, 1.807) is 18.2 Å². The number of aromatic nitrogens is 2. The van der Waals surface area contributed by atoms with E-state index < -0.39 is 5.91 Å². The molecule has 0 radical (unpaired) electrons. The van der Waals surface area contributed by atoms with Crippen LogP contribution in [0.25, 0.3) is 0 Å². The highest BCUT2D eigenvalue weighted by molar-refractivity contribution is 5.96. The number of carbonyl (C=O) groups excluding carboxylic acids is 2. The highest BCUT2D eigenvalue weighted by Crippen LogP contribution is 2.27. The Morgan fingerprint density at radius 2 is 2.06 bits per heavy atom. The van der Waals surface area contributed by atoms with E-state index in [0.29, 0.717) is 25.4 Å². The van der Waals surface area contributed by atoms with Gasteiger partial charge < -0.3 is 24.5 Å². The second-order valence-corrected chi connectivity index (χ2v) is 7.98. The van der Waals surface area contributed by atoms with Crippen molar-refractivity contribution in [1.29, 1.82) is 0 Å². The van der Waals surface area contributed by atoms with Gasteiger partial charge in [0.2, 0.25) is 5.91 Å². The Labute approximate surface area is 191 Å². The molecular formula is C24H26N4O5. The number of nitrogens with one attached hydrogen (secondary N) is 1. The van der Waals surface area contributed by atoms with Crippen molar-refractivity contribution in [2.24, 2.45) is 0 Å². The van der Waals surface area contributed by atoms with Crippen LogP contribution >= 0.6 is 0 Å². The Kier molecular flexibility index (Phi) is 6.87. The zero-order valence-electron chi connectivity index (χ0n) is 18.4. The summed E-state index contributed by atoms with van der Waals surface area (Å²) < 4.78 is 11.2. The van der Waals surface area contributed by atoms with Crippen molar-refractivity contribution in [2.45, 2.75) is 25.2 Å². The van der Waals surface area contributed by atoms with Crippen molar-refractivity contribution in [2.75, 3.05) is 26.7 Å². The predicted octanol–water partition coefficient (Wildman–Crippen LogP) is 2.51. The molecule has 1 unspecified atom stereocenters. The summed E-state index contributed by atoms with van der Waals surface area (Å²) in [7, 11) is 1.64. The van der Waals surface area contributed by atoms with E-state index in [9.17, 15) is 14.7 Å². The molecule has 0 aliphatic carbocycles. The van der Waals surface area contributed by atoms with Gasteiger partial charge in [0.05, 0.1) is 37.5 Å². The molecular weight excluding hydrogens is 424 g/mol. The van der Waals surface area contributed by atoms with Crippen LogP contribution in [0.1, 0.15) is 46.3 Å². The lowest BCUT2D eigenvalue weighted by Crippen LogP contribution is -2.44. The molecule has 1 saturated heterocycles. The molecule has 1 aliphatic rings. The van der Waals surface area contributed by atoms with E-state index in [4.69, 9.17) is 9.15 Å². The number of ether oxygens (including phenoxy) is 1. The number of piperidine rings is 1. The van der Waals surface area contributed by atoms with Crippen LogP contribution in [0.2, 0.25) is 0 Å². The fourth-order valence-electron chi connectivity index (χ4n) is 3.86. The van der Waals surface area contributed by atoms with E-state index in [-0.39, 0.29) is 29.7 Å². The highest BCUT2D eigenvalue weighted by atomic mass is 16.5. The number of hydrogen-bond donors (Lipinski definition) is 2. The molecule has 0 saturated carbocycles. The van der Waals surface area contributed by atoms with E-state index in [1.807, 2.05) is 24.3 Å². The summed E-state index contributed by atoms with van der Waals surface area (Å²) in [6.45, 7) is 0.985. The van der Waals surface area contributed by atoms with Crippen LogP contribution in [0.4, 0.5) is 0 Å². The molecule has 1 fully saturated rings. The lowest BCUT2D eigenvalue weighted by atomic mass is 9.98. The Morgan fingerprint density at radius 3 is 2.82 bits per heavy atom. The lowest BCUT2D eigenvalue weighted by Gasteiger charge is -2.31. The van der Waals surface area contributed by atoms with E-state index in [1.165, 1.54) is 18.5 Å². The minimum atomic E-state index is -0.462. The zero-order chi connectivity index (χ0) is 23.2. The van der Waals surface area contributed by atoms with Crippen molar-refractivity contribution in [3.05, 3.63) is 71.7 Å². The number of aromatic hydroxyl groups is 1. The summed E-state index contributed by atoms with van der Waals surface area (Å²) in [5.41, 5.74) is 1.29. The molecule has 33 heavy (non-hydrogen) atoms. The van der Waals surface area contributed by atoms with Crippen molar-refractivity contribution < 1.29 is 23.8 Å². The molecule has 2 aromatic heterocycles. The second kappa shape index (κ2) is 10.2. The standard InChI is InChI=1S/C24H26N4O5/c1-32-20-6-4-16(5-7-20)9-21-13-27-24(33-21)17-3-2-8-28(15-17)22(30)14-26-23(31)18-10-19(29)12-25-11-18/h4-7,10-13,17,29H,2-3,8-9,14-15H2,1H3,(H,26,31). The molecule has 0 bridgehead atoms. The van der Waals surface area contributed by atoms with Gasteiger partial charge in [0, 0.05) is 25.7 Å². The van der Waals surface area contributed by atoms with Crippen molar-refractivity contribution in [3.63, 3.8) is 0 Å². The smallest absolute Gasteiger partial charge is 0.253 e. The number of amides is 2. The topological polar surface area (TPSA) is 118 Å². The van der Waals surface area contributed by atoms with Crippen LogP contribution in [0.3, 0.4) is 0 Å². The summed E-state index contributed by atoms with van der Waals surface area (Å²) in [5.74, 6) is 1.47. The third-order valence-corrected chi connectivity index (χ3v) is 5.62. The van der Waals surface area contributed by atoms with Gasteiger partial charge in [0.15, 0.2) is 5.89 Å². The number of carbonyl (C=O) groups is 2. The Morgan fingerprint density at radius 1 is 1.24 bits per heavy atom. The van der Waals surface area contributed by atoms with E-state index >= 15 is 0 Å². The summed E-state index contributed by atoms with van der Waals surface area (Å²) in [5, 5.41) is 12.0. The third-order valence-electron chi connectivity index (χ3n) is 5.62. The third kappa shape index (κ3) is 5.68. The first kappa shape index (κ1) is 22.3. The molecule has 4 rings (SSSR count). The van der Waals surface area contributed by atoms with Crippen LogP contribution in [0.5, 0.6) is 11.5 Å². The van der Waals surface area contributed by atoms with Crippen LogP contribution in [0, 0.1) is 0 Å². The average Bonchev–Trinajstić information content (AvgIpc) is 3.31. The van der Waals surface area contributed by atoms with Gasteiger partial charge in [-0.1, -0.05) is 12.1 Å². The number of nitrogens with zero attached hydrogens (tertiary/aromatic N) is 3. The minimum Gasteiger partial charge on any atom is -0.506 e. The fraction of sp³-hybridized carbons (Fsp3) is 0.333. The largest absolute Gasteiger partial charge is 0.506 e. The van der Waals surface area contributed by atoms with Crippen molar-refractivity contribution in [1.82, 2.24) is 20.2 Å². The van der Waals surface area contributed by atoms with Gasteiger partial charge in [-0.25, -0.2) is 4.98 Å². The molecule has 172 valence electrons. The molecule has 2 N–H and O–H groups in total. The van der Waals surface area contributed by atoms with Crippen LogP contribution < -0.4 is 10.1 Å². The maximum absolute atomic E-state index is 12.7. The predicted molar refractivity (Wildman–Crippen MR) is 119 cm³/mol. The molecule has 0 spiro atoms. The zero-order valence-corrected chi connectivity index (χ0v) is 18.4. The molecule has 9 heteroatoms. The van der Waals surface area contributed by atoms with Crippen molar-refractivity contribution >= 4 is 11.8 Å². The van der Waals surface area contributed by atoms with Gasteiger partial charge in [0.1, 0.15) is 17.3 Å². The van der Waals surface area contributed by atoms with Crippen LogP contribution in [0.15, 0.2) is 53.3 Å². The maximum Gasteiger partial charge on any atom is 0.253 e. The van der Waals surface area contributed by atoms with Gasteiger partial charge in [0.25, 0.3) is 5.91 Å². The van der Waals surface area contributed by atoms with Gasteiger partial charge in [-0.15, -0.1) is 0 Å². The summed E-state index contributed by atoms with van der Waals surface area (Å²) in [4.78, 5) is 34.8. The number of hydrogen-bond acceptors (Lipinski definition) is 7. The monoisotopic (exact) mass is 450 g/mol. The van der Waals surface area contributed by atoms with E-state index in [0.717, 1.165) is 29.9 Å². The second-order valence-electron chi connectivity index (χ2n) is 7.98. The Bertz CT molecular complexity index is 1110. The molecule has 3 aromatic rings. The van der Waals surface area contributed by atoms with Gasteiger partial charge >= 0.3 is 0 Å².